The molecule has 5 heteroatoms. The molecule has 0 saturated carbocycles. The molecule has 2 atom stereocenters. The molecule has 5 nitrogen and oxygen atoms in total. The average Bonchev–Trinajstić information content (AvgIpc) is 2.28. The lowest BCUT2D eigenvalue weighted by Gasteiger charge is -2.38. The molecule has 0 radical (unpaired) electrons. The lowest BCUT2D eigenvalue weighted by atomic mass is 10.1. The maximum absolute atomic E-state index is 11.6. The molecule has 15 heavy (non-hydrogen) atoms. The van der Waals surface area contributed by atoms with Gasteiger partial charge in [-0.05, 0) is 19.9 Å². The van der Waals surface area contributed by atoms with Crippen LogP contribution in [0.5, 0.6) is 0 Å². The van der Waals surface area contributed by atoms with Crippen molar-refractivity contribution < 1.29 is 9.53 Å². The van der Waals surface area contributed by atoms with Gasteiger partial charge in [-0.25, -0.2) is 0 Å². The van der Waals surface area contributed by atoms with Crippen LogP contribution in [-0.4, -0.2) is 56.2 Å². The predicted octanol–water partition coefficient (Wildman–Crippen LogP) is -0.829. The van der Waals surface area contributed by atoms with Crippen LogP contribution < -0.4 is 11.1 Å². The van der Waals surface area contributed by atoms with Gasteiger partial charge in [0.05, 0.1) is 13.2 Å². The van der Waals surface area contributed by atoms with Gasteiger partial charge in [-0.2, -0.15) is 0 Å². The first kappa shape index (κ1) is 12.4. The molecule has 3 N–H and O–H groups in total. The van der Waals surface area contributed by atoms with Crippen molar-refractivity contribution in [3.8, 4) is 0 Å². The van der Waals surface area contributed by atoms with E-state index in [1.165, 1.54) is 0 Å². The minimum Gasteiger partial charge on any atom is -0.378 e. The van der Waals surface area contributed by atoms with Crippen LogP contribution in [0, 0.1) is 0 Å². The summed E-state index contributed by atoms with van der Waals surface area (Å²) in [6, 6.07) is 0.173. The zero-order valence-electron chi connectivity index (χ0n) is 9.53. The Labute approximate surface area is 90.9 Å². The number of ether oxygens (including phenoxy) is 1. The third-order valence-corrected chi connectivity index (χ3v) is 2.87. The Balaban J connectivity index is 2.60. The minimum atomic E-state index is -0.162. The topological polar surface area (TPSA) is 67.6 Å². The lowest BCUT2D eigenvalue weighted by Crippen LogP contribution is -2.56. The van der Waals surface area contributed by atoms with Gasteiger partial charge in [0.15, 0.2) is 0 Å². The molecule has 1 aliphatic heterocycles. The van der Waals surface area contributed by atoms with Crippen LogP contribution in [0.15, 0.2) is 0 Å². The summed E-state index contributed by atoms with van der Waals surface area (Å²) >= 11 is 0. The average molecular weight is 215 g/mol. The molecule has 0 bridgehead atoms. The molecule has 0 aromatic rings. The molecule has 0 aromatic carbocycles. The van der Waals surface area contributed by atoms with Crippen LogP contribution in [0.4, 0.5) is 0 Å². The molecule has 0 spiro atoms. The Morgan fingerprint density at radius 3 is 3.07 bits per heavy atom. The maximum Gasteiger partial charge on any atom is 0.239 e. The Hall–Kier alpha value is -0.650. The first-order chi connectivity index (χ1) is 7.20. The monoisotopic (exact) mass is 215 g/mol. The van der Waals surface area contributed by atoms with Crippen LogP contribution >= 0.6 is 0 Å². The van der Waals surface area contributed by atoms with E-state index < -0.39 is 0 Å². The number of nitrogens with one attached hydrogen (secondary N) is 1. The smallest absolute Gasteiger partial charge is 0.239 e. The molecule has 0 aromatic heterocycles. The number of amides is 1. The highest BCUT2D eigenvalue weighted by Gasteiger charge is 2.31. The SMILES string of the molecule is CNC(=O)C1COCCN1C(C)CCN. The van der Waals surface area contributed by atoms with Gasteiger partial charge < -0.3 is 15.8 Å². The normalized spacial score (nSPS) is 24.9. The van der Waals surface area contributed by atoms with Gasteiger partial charge in [0, 0.05) is 19.6 Å². The van der Waals surface area contributed by atoms with E-state index >= 15 is 0 Å². The molecule has 1 rings (SSSR count). The van der Waals surface area contributed by atoms with Gasteiger partial charge in [0.2, 0.25) is 5.91 Å². The number of morpholine rings is 1. The standard InChI is InChI=1S/C10H21N3O2/c1-8(3-4-11)13-5-6-15-7-9(13)10(14)12-2/h8-9H,3-7,11H2,1-2H3,(H,12,14). The van der Waals surface area contributed by atoms with Crippen molar-refractivity contribution in [1.82, 2.24) is 10.2 Å². The molecule has 0 aliphatic carbocycles. The van der Waals surface area contributed by atoms with Crippen LogP contribution in [0.2, 0.25) is 0 Å². The number of carbonyl (C=O) groups excluding carboxylic acids is 1. The minimum absolute atomic E-state index is 0.0265. The van der Waals surface area contributed by atoms with E-state index in [1.807, 2.05) is 0 Å². The fourth-order valence-electron chi connectivity index (χ4n) is 1.94. The zero-order valence-corrected chi connectivity index (χ0v) is 9.53. The van der Waals surface area contributed by atoms with E-state index in [0.717, 1.165) is 13.0 Å². The summed E-state index contributed by atoms with van der Waals surface area (Å²) in [4.78, 5) is 13.8. The summed E-state index contributed by atoms with van der Waals surface area (Å²) < 4.78 is 5.33. The third kappa shape index (κ3) is 3.15. The summed E-state index contributed by atoms with van der Waals surface area (Å²) in [5.74, 6) is 0.0265. The van der Waals surface area contributed by atoms with E-state index in [9.17, 15) is 4.79 Å². The first-order valence-electron chi connectivity index (χ1n) is 5.45. The summed E-state index contributed by atoms with van der Waals surface area (Å²) in [5, 5.41) is 2.67. The number of hydrogen-bond donors (Lipinski definition) is 2. The number of nitrogens with two attached hydrogens (primary N) is 1. The number of hydrogen-bond acceptors (Lipinski definition) is 4. The maximum atomic E-state index is 11.6. The zero-order chi connectivity index (χ0) is 11.3. The Bertz CT molecular complexity index is 211. The summed E-state index contributed by atoms with van der Waals surface area (Å²) in [7, 11) is 1.66. The van der Waals surface area contributed by atoms with Crippen molar-refractivity contribution in [2.75, 3.05) is 33.4 Å². The lowest BCUT2D eigenvalue weighted by molar-refractivity contribution is -0.133. The highest BCUT2D eigenvalue weighted by molar-refractivity contribution is 5.81. The van der Waals surface area contributed by atoms with E-state index in [0.29, 0.717) is 25.8 Å². The van der Waals surface area contributed by atoms with Gasteiger partial charge >= 0.3 is 0 Å². The van der Waals surface area contributed by atoms with E-state index in [-0.39, 0.29) is 11.9 Å². The van der Waals surface area contributed by atoms with Gasteiger partial charge in [-0.15, -0.1) is 0 Å². The second kappa shape index (κ2) is 6.05. The summed E-state index contributed by atoms with van der Waals surface area (Å²) in [5.41, 5.74) is 5.53. The second-order valence-corrected chi connectivity index (χ2v) is 3.87. The Morgan fingerprint density at radius 2 is 2.47 bits per heavy atom. The Morgan fingerprint density at radius 1 is 1.73 bits per heavy atom. The van der Waals surface area contributed by atoms with Crippen LogP contribution in [0.3, 0.4) is 0 Å². The molecular formula is C10H21N3O2. The number of carbonyl (C=O) groups is 1. The van der Waals surface area contributed by atoms with Crippen molar-refractivity contribution >= 4 is 5.91 Å². The Kier molecular flexibility index (Phi) is 5.01. The number of likely N-dealkylation sites (N-methyl/N-ethyl adjacent to an activating group) is 1. The molecule has 1 amide bonds. The van der Waals surface area contributed by atoms with Crippen molar-refractivity contribution in [2.45, 2.75) is 25.4 Å². The molecule has 1 aliphatic rings. The fraction of sp³-hybridized carbons (Fsp3) is 0.900. The number of rotatable bonds is 4. The highest BCUT2D eigenvalue weighted by Crippen LogP contribution is 2.13. The number of nitrogens with zero attached hydrogens (tertiary/aromatic N) is 1. The third-order valence-electron chi connectivity index (χ3n) is 2.87. The van der Waals surface area contributed by atoms with Crippen LogP contribution in [0.1, 0.15) is 13.3 Å². The quantitative estimate of drug-likeness (QED) is 0.642. The van der Waals surface area contributed by atoms with Crippen molar-refractivity contribution in [1.29, 1.82) is 0 Å². The molecule has 1 saturated heterocycles. The van der Waals surface area contributed by atoms with Gasteiger partial charge in [-0.3, -0.25) is 9.69 Å². The van der Waals surface area contributed by atoms with Crippen molar-refractivity contribution in [3.05, 3.63) is 0 Å². The van der Waals surface area contributed by atoms with Gasteiger partial charge in [-0.1, -0.05) is 0 Å². The molecule has 2 unspecified atom stereocenters. The van der Waals surface area contributed by atoms with Crippen LogP contribution in [0.25, 0.3) is 0 Å². The van der Waals surface area contributed by atoms with E-state index in [2.05, 4.69) is 17.1 Å². The van der Waals surface area contributed by atoms with Crippen molar-refractivity contribution in [2.24, 2.45) is 5.73 Å². The largest absolute Gasteiger partial charge is 0.378 e. The predicted molar refractivity (Wildman–Crippen MR) is 58.5 cm³/mol. The van der Waals surface area contributed by atoms with E-state index in [4.69, 9.17) is 10.5 Å². The highest BCUT2D eigenvalue weighted by atomic mass is 16.5. The molecular weight excluding hydrogens is 194 g/mol. The van der Waals surface area contributed by atoms with Crippen molar-refractivity contribution in [3.63, 3.8) is 0 Å². The molecule has 1 heterocycles. The van der Waals surface area contributed by atoms with E-state index in [1.54, 1.807) is 7.05 Å². The first-order valence-corrected chi connectivity index (χ1v) is 5.45. The van der Waals surface area contributed by atoms with Gasteiger partial charge in [0.25, 0.3) is 0 Å². The molecule has 88 valence electrons. The fourth-order valence-corrected chi connectivity index (χ4v) is 1.94. The van der Waals surface area contributed by atoms with Gasteiger partial charge in [0.1, 0.15) is 6.04 Å². The summed E-state index contributed by atoms with van der Waals surface area (Å²) in [6.07, 6.45) is 0.910. The van der Waals surface area contributed by atoms with Crippen LogP contribution in [-0.2, 0) is 9.53 Å². The summed E-state index contributed by atoms with van der Waals surface area (Å²) in [6.45, 7) is 4.74. The second-order valence-electron chi connectivity index (χ2n) is 3.87. The molecule has 1 fully saturated rings.